The van der Waals surface area contributed by atoms with E-state index in [1.165, 1.54) is 29.6 Å². The van der Waals surface area contributed by atoms with Crippen molar-refractivity contribution in [3.05, 3.63) is 59.7 Å². The van der Waals surface area contributed by atoms with Crippen LogP contribution >= 0.6 is 0 Å². The van der Waals surface area contributed by atoms with E-state index in [0.717, 1.165) is 24.1 Å². The highest BCUT2D eigenvalue weighted by Crippen LogP contribution is 2.63. The molecule has 4 nitrogen and oxygen atoms in total. The van der Waals surface area contributed by atoms with E-state index in [1.807, 2.05) is 19.2 Å². The van der Waals surface area contributed by atoms with Crippen LogP contribution in [-0.4, -0.2) is 15.5 Å². The van der Waals surface area contributed by atoms with E-state index in [0.29, 0.717) is 5.41 Å². The first-order valence-electron chi connectivity index (χ1n) is 8.54. The molecule has 0 amide bonds. The Morgan fingerprint density at radius 1 is 0.880 bits per heavy atom. The van der Waals surface area contributed by atoms with Gasteiger partial charge in [-0.3, -0.25) is 0 Å². The molecule has 0 aliphatic heterocycles. The van der Waals surface area contributed by atoms with Crippen LogP contribution < -0.4 is 10.5 Å². The highest BCUT2D eigenvalue weighted by molar-refractivity contribution is 7.89. The molecule has 0 aromatic heterocycles. The molecule has 1 saturated carbocycles. The maximum atomic E-state index is 11.5. The summed E-state index contributed by atoms with van der Waals surface area (Å²) in [5.41, 5.74) is 6.63. The summed E-state index contributed by atoms with van der Waals surface area (Å²) in [5, 5.41) is 8.37. The molecule has 0 heterocycles. The van der Waals surface area contributed by atoms with E-state index in [1.54, 1.807) is 12.1 Å². The van der Waals surface area contributed by atoms with Gasteiger partial charge in [0.2, 0.25) is 10.0 Å². The van der Waals surface area contributed by atoms with E-state index in [2.05, 4.69) is 29.6 Å². The van der Waals surface area contributed by atoms with Crippen LogP contribution in [0.1, 0.15) is 36.8 Å². The van der Waals surface area contributed by atoms with E-state index in [-0.39, 0.29) is 4.90 Å². The molecular weight excluding hydrogens is 332 g/mol. The van der Waals surface area contributed by atoms with Crippen LogP contribution in [0.3, 0.4) is 0 Å². The third-order valence-corrected chi connectivity index (χ3v) is 6.41. The molecule has 0 saturated heterocycles. The van der Waals surface area contributed by atoms with Crippen molar-refractivity contribution in [1.82, 2.24) is 0 Å². The lowest BCUT2D eigenvalue weighted by molar-refractivity contribution is 0.568. The van der Waals surface area contributed by atoms with E-state index >= 15 is 0 Å². The molecular formula is C20H22N2O2S. The number of rotatable bonds is 4. The average Bonchev–Trinajstić information content (AvgIpc) is 3.25. The lowest BCUT2D eigenvalue weighted by Gasteiger charge is -2.10. The van der Waals surface area contributed by atoms with Gasteiger partial charge in [-0.1, -0.05) is 24.3 Å². The van der Waals surface area contributed by atoms with Crippen molar-refractivity contribution in [2.24, 2.45) is 10.6 Å². The van der Waals surface area contributed by atoms with Crippen molar-refractivity contribution < 1.29 is 8.42 Å². The Morgan fingerprint density at radius 3 is 1.76 bits per heavy atom. The number of sulfonamides is 1. The van der Waals surface area contributed by atoms with E-state index < -0.39 is 10.0 Å². The molecule has 4 rings (SSSR count). The van der Waals surface area contributed by atoms with Crippen LogP contribution in [0.25, 0.3) is 11.1 Å². The van der Waals surface area contributed by atoms with Crippen LogP contribution in [0.5, 0.6) is 0 Å². The third kappa shape index (κ3) is 3.10. The minimum absolute atomic E-state index is 0.163. The summed E-state index contributed by atoms with van der Waals surface area (Å²) in [4.78, 5) is 0.163. The van der Waals surface area contributed by atoms with Crippen LogP contribution in [0.15, 0.2) is 53.4 Å². The van der Waals surface area contributed by atoms with Gasteiger partial charge < -0.3 is 5.32 Å². The molecule has 130 valence electrons. The number of allylic oxidation sites excluding steroid dienone is 2. The normalized spacial score (nSPS) is 18.6. The van der Waals surface area contributed by atoms with Crippen LogP contribution in [0.4, 0.5) is 5.69 Å². The first kappa shape index (κ1) is 16.4. The predicted octanol–water partition coefficient (Wildman–Crippen LogP) is 3.86. The molecule has 0 atom stereocenters. The maximum absolute atomic E-state index is 11.5. The fourth-order valence-corrected chi connectivity index (χ4v) is 4.31. The number of hydrogen-bond donors (Lipinski definition) is 2. The standard InChI is InChI=1S/C20H22N2O2S/c1-22-16-6-2-14(3-7-16)18-12-20(10-11-20)13-19(18)15-4-8-17(9-5-15)25(21,23)24/h2-9,22H,10-13H2,1H3,(H2,21,23,24). The molecule has 2 aliphatic rings. The zero-order valence-corrected chi connectivity index (χ0v) is 15.1. The molecule has 2 aromatic rings. The summed E-state index contributed by atoms with van der Waals surface area (Å²) in [6.45, 7) is 0. The number of nitrogens with two attached hydrogens (primary N) is 1. The van der Waals surface area contributed by atoms with Gasteiger partial charge in [0, 0.05) is 12.7 Å². The second kappa shape index (κ2) is 5.71. The Balaban J connectivity index is 1.75. The van der Waals surface area contributed by atoms with Gasteiger partial charge in [0.05, 0.1) is 4.90 Å². The molecule has 25 heavy (non-hydrogen) atoms. The van der Waals surface area contributed by atoms with Crippen molar-refractivity contribution in [3.63, 3.8) is 0 Å². The van der Waals surface area contributed by atoms with E-state index in [9.17, 15) is 8.42 Å². The van der Waals surface area contributed by atoms with Crippen LogP contribution in [0, 0.1) is 5.41 Å². The van der Waals surface area contributed by atoms with Gasteiger partial charge >= 0.3 is 0 Å². The molecule has 0 radical (unpaired) electrons. The predicted molar refractivity (Wildman–Crippen MR) is 102 cm³/mol. The molecule has 1 spiro atoms. The summed E-state index contributed by atoms with van der Waals surface area (Å²) < 4.78 is 23.0. The Bertz CT molecular complexity index is 938. The first-order chi connectivity index (χ1) is 11.9. The van der Waals surface area contributed by atoms with Crippen molar-refractivity contribution in [1.29, 1.82) is 0 Å². The second-order valence-electron chi connectivity index (χ2n) is 7.21. The monoisotopic (exact) mass is 354 g/mol. The van der Waals surface area contributed by atoms with Crippen molar-refractivity contribution >= 4 is 26.9 Å². The van der Waals surface area contributed by atoms with Gasteiger partial charge in [-0.05, 0) is 77.6 Å². The summed E-state index contributed by atoms with van der Waals surface area (Å²) in [7, 11) is -1.73. The van der Waals surface area contributed by atoms with Crippen molar-refractivity contribution in [2.75, 3.05) is 12.4 Å². The molecule has 0 bridgehead atoms. The fraction of sp³-hybridized carbons (Fsp3) is 0.300. The Kier molecular flexibility index (Phi) is 3.74. The summed E-state index contributed by atoms with van der Waals surface area (Å²) in [5.74, 6) is 0. The van der Waals surface area contributed by atoms with E-state index in [4.69, 9.17) is 5.14 Å². The number of primary sulfonamides is 1. The lowest BCUT2D eigenvalue weighted by Crippen LogP contribution is -2.11. The average molecular weight is 354 g/mol. The molecule has 2 aromatic carbocycles. The zero-order valence-electron chi connectivity index (χ0n) is 14.2. The van der Waals surface area contributed by atoms with Gasteiger partial charge in [-0.25, -0.2) is 13.6 Å². The number of anilines is 1. The quantitative estimate of drug-likeness (QED) is 0.876. The molecule has 1 fully saturated rings. The van der Waals surface area contributed by atoms with Crippen molar-refractivity contribution in [3.8, 4) is 0 Å². The molecule has 0 unspecified atom stereocenters. The highest BCUT2D eigenvalue weighted by atomic mass is 32.2. The zero-order chi connectivity index (χ0) is 17.7. The van der Waals surface area contributed by atoms with Gasteiger partial charge in [-0.15, -0.1) is 0 Å². The highest BCUT2D eigenvalue weighted by Gasteiger charge is 2.48. The molecule has 5 heteroatoms. The Hall–Kier alpha value is -2.11. The smallest absolute Gasteiger partial charge is 0.238 e. The number of hydrogen-bond acceptors (Lipinski definition) is 3. The minimum Gasteiger partial charge on any atom is -0.388 e. The van der Waals surface area contributed by atoms with Gasteiger partial charge in [-0.2, -0.15) is 0 Å². The molecule has 2 aliphatic carbocycles. The second-order valence-corrected chi connectivity index (χ2v) is 8.77. The topological polar surface area (TPSA) is 72.2 Å². The Labute approximate surface area is 148 Å². The largest absolute Gasteiger partial charge is 0.388 e. The first-order valence-corrected chi connectivity index (χ1v) is 10.1. The lowest BCUT2D eigenvalue weighted by atomic mass is 9.97. The maximum Gasteiger partial charge on any atom is 0.238 e. The summed E-state index contributed by atoms with van der Waals surface area (Å²) >= 11 is 0. The Morgan fingerprint density at radius 2 is 1.36 bits per heavy atom. The fourth-order valence-electron chi connectivity index (χ4n) is 3.79. The summed E-state index contributed by atoms with van der Waals surface area (Å²) in [6, 6.07) is 15.5. The van der Waals surface area contributed by atoms with Gasteiger partial charge in [0.25, 0.3) is 0 Å². The van der Waals surface area contributed by atoms with Crippen LogP contribution in [0.2, 0.25) is 0 Å². The number of benzene rings is 2. The number of nitrogens with one attached hydrogen (secondary N) is 1. The molecule has 3 N–H and O–H groups in total. The summed E-state index contributed by atoms with van der Waals surface area (Å²) in [6.07, 6.45) is 4.75. The van der Waals surface area contributed by atoms with Gasteiger partial charge in [0.1, 0.15) is 0 Å². The van der Waals surface area contributed by atoms with Gasteiger partial charge in [0.15, 0.2) is 0 Å². The van der Waals surface area contributed by atoms with Crippen molar-refractivity contribution in [2.45, 2.75) is 30.6 Å². The third-order valence-electron chi connectivity index (χ3n) is 5.48. The SMILES string of the molecule is CNc1ccc(C2=C(c3ccc(S(N)(=O)=O)cc3)CC3(CC3)C2)cc1. The van der Waals surface area contributed by atoms with Crippen LogP contribution in [-0.2, 0) is 10.0 Å². The minimum atomic E-state index is -3.65.